The molecule has 7 heteroatoms. The van der Waals surface area contributed by atoms with Crippen LogP contribution in [0.25, 0.3) is 22.8 Å². The van der Waals surface area contributed by atoms with Crippen LogP contribution in [0.5, 0.6) is 5.75 Å². The van der Waals surface area contributed by atoms with Crippen LogP contribution in [-0.2, 0) is 16.0 Å². The SMILES string of the molecule is COCCN1C(=O)CC2Cc3c(-c4noc(-c5ccc(OC(C)C)c(C)c5)n4)cccc3C21. The molecule has 7 nitrogen and oxygen atoms in total. The number of likely N-dealkylation sites (tertiary alicyclic amines) is 1. The summed E-state index contributed by atoms with van der Waals surface area (Å²) in [5.41, 5.74) is 5.27. The number of nitrogens with zero attached hydrogens (tertiary/aromatic N) is 3. The van der Waals surface area contributed by atoms with Crippen molar-refractivity contribution in [3.8, 4) is 28.6 Å². The molecule has 1 aromatic heterocycles. The average molecular weight is 448 g/mol. The molecular weight excluding hydrogens is 418 g/mol. The van der Waals surface area contributed by atoms with Gasteiger partial charge in [-0.15, -0.1) is 0 Å². The Morgan fingerprint density at radius 2 is 2.06 bits per heavy atom. The van der Waals surface area contributed by atoms with Gasteiger partial charge in [-0.3, -0.25) is 4.79 Å². The van der Waals surface area contributed by atoms with E-state index in [0.717, 1.165) is 28.9 Å². The number of amides is 1. The molecule has 0 radical (unpaired) electrons. The number of carbonyl (C=O) groups is 1. The fraction of sp³-hybridized carbons (Fsp3) is 0.423. The Bertz CT molecular complexity index is 1190. The van der Waals surface area contributed by atoms with Crippen molar-refractivity contribution in [2.45, 2.75) is 45.8 Å². The quantitative estimate of drug-likeness (QED) is 0.527. The van der Waals surface area contributed by atoms with Gasteiger partial charge < -0.3 is 18.9 Å². The number of hydrogen-bond donors (Lipinski definition) is 0. The summed E-state index contributed by atoms with van der Waals surface area (Å²) in [6, 6.07) is 12.2. The Hall–Kier alpha value is -3.19. The molecule has 5 rings (SSSR count). The lowest BCUT2D eigenvalue weighted by atomic mass is 10.0. The Kier molecular flexibility index (Phi) is 5.66. The summed E-state index contributed by atoms with van der Waals surface area (Å²) >= 11 is 0. The third-order valence-electron chi connectivity index (χ3n) is 6.52. The van der Waals surface area contributed by atoms with Crippen molar-refractivity contribution in [1.29, 1.82) is 0 Å². The van der Waals surface area contributed by atoms with Crippen molar-refractivity contribution in [2.75, 3.05) is 20.3 Å². The second-order valence-electron chi connectivity index (χ2n) is 9.14. The summed E-state index contributed by atoms with van der Waals surface area (Å²) in [5, 5.41) is 4.30. The summed E-state index contributed by atoms with van der Waals surface area (Å²) < 4.78 is 16.7. The molecule has 0 N–H and O–H groups in total. The maximum atomic E-state index is 12.6. The lowest BCUT2D eigenvalue weighted by Crippen LogP contribution is -2.31. The van der Waals surface area contributed by atoms with Crippen LogP contribution in [-0.4, -0.2) is 47.3 Å². The Balaban J connectivity index is 1.44. The van der Waals surface area contributed by atoms with Gasteiger partial charge in [0.1, 0.15) is 5.75 Å². The van der Waals surface area contributed by atoms with Crippen LogP contribution in [0, 0.1) is 12.8 Å². The third-order valence-corrected chi connectivity index (χ3v) is 6.52. The zero-order valence-corrected chi connectivity index (χ0v) is 19.5. The van der Waals surface area contributed by atoms with Gasteiger partial charge in [-0.05, 0) is 68.0 Å². The first-order valence-electron chi connectivity index (χ1n) is 11.5. The molecule has 2 atom stereocenters. The third kappa shape index (κ3) is 3.91. The summed E-state index contributed by atoms with van der Waals surface area (Å²) in [4.78, 5) is 19.2. The van der Waals surface area contributed by atoms with Crippen molar-refractivity contribution in [1.82, 2.24) is 15.0 Å². The number of fused-ring (bicyclic) bond motifs is 3. The van der Waals surface area contributed by atoms with E-state index in [4.69, 9.17) is 19.0 Å². The van der Waals surface area contributed by atoms with E-state index in [0.29, 0.717) is 31.3 Å². The fourth-order valence-corrected chi connectivity index (χ4v) is 5.12. The van der Waals surface area contributed by atoms with E-state index in [1.807, 2.05) is 56.0 Å². The van der Waals surface area contributed by atoms with E-state index in [1.54, 1.807) is 7.11 Å². The molecule has 2 aliphatic rings. The second kappa shape index (κ2) is 8.63. The van der Waals surface area contributed by atoms with Gasteiger partial charge in [-0.2, -0.15) is 4.98 Å². The average Bonchev–Trinajstić information content (AvgIpc) is 3.47. The number of carbonyl (C=O) groups excluding carboxylic acids is 1. The number of hydrogen-bond acceptors (Lipinski definition) is 6. The topological polar surface area (TPSA) is 77.7 Å². The highest BCUT2D eigenvalue weighted by Gasteiger charge is 2.46. The molecule has 3 aromatic rings. The van der Waals surface area contributed by atoms with Crippen LogP contribution in [0.15, 0.2) is 40.9 Å². The molecular formula is C26H29N3O4. The van der Waals surface area contributed by atoms with Gasteiger partial charge in [0.15, 0.2) is 0 Å². The van der Waals surface area contributed by atoms with E-state index in [-0.39, 0.29) is 24.0 Å². The number of ether oxygens (including phenoxy) is 2. The van der Waals surface area contributed by atoms with E-state index in [1.165, 1.54) is 11.1 Å². The number of methoxy groups -OCH3 is 1. The first-order chi connectivity index (χ1) is 16.0. The van der Waals surface area contributed by atoms with Crippen LogP contribution in [0.3, 0.4) is 0 Å². The van der Waals surface area contributed by atoms with Gasteiger partial charge in [0.25, 0.3) is 5.89 Å². The Morgan fingerprint density at radius 1 is 1.21 bits per heavy atom. The van der Waals surface area contributed by atoms with Gasteiger partial charge in [0, 0.05) is 31.2 Å². The molecule has 1 aliphatic carbocycles. The van der Waals surface area contributed by atoms with Crippen LogP contribution < -0.4 is 4.74 Å². The zero-order valence-electron chi connectivity index (χ0n) is 19.5. The van der Waals surface area contributed by atoms with Crippen molar-refractivity contribution < 1.29 is 18.8 Å². The summed E-state index contributed by atoms with van der Waals surface area (Å²) in [5.74, 6) is 2.41. The number of rotatable bonds is 7. The molecule has 2 unspecified atom stereocenters. The molecule has 1 fully saturated rings. The van der Waals surface area contributed by atoms with Crippen LogP contribution >= 0.6 is 0 Å². The summed E-state index contributed by atoms with van der Waals surface area (Å²) in [6.07, 6.45) is 1.53. The monoisotopic (exact) mass is 447 g/mol. The van der Waals surface area contributed by atoms with Gasteiger partial charge in [0.2, 0.25) is 11.7 Å². The van der Waals surface area contributed by atoms with Gasteiger partial charge >= 0.3 is 0 Å². The Labute approximate surface area is 193 Å². The standard InChI is InChI=1S/C26H29N3O4/c1-15(2)32-22-9-8-17(12-16(22)3)26-27-25(28-33-26)20-7-5-6-19-21(20)13-18-14-23(30)29(24(18)19)10-11-31-4/h5-9,12,15,18,24H,10-11,13-14H2,1-4H3. The normalized spacial score (nSPS) is 19.3. The van der Waals surface area contributed by atoms with Crippen LogP contribution in [0.2, 0.25) is 0 Å². The number of benzene rings is 2. The molecule has 0 saturated carbocycles. The van der Waals surface area contributed by atoms with E-state index in [9.17, 15) is 4.79 Å². The molecule has 172 valence electrons. The fourth-order valence-electron chi connectivity index (χ4n) is 5.12. The summed E-state index contributed by atoms with van der Waals surface area (Å²) in [6.45, 7) is 7.19. The highest BCUT2D eigenvalue weighted by molar-refractivity contribution is 5.81. The van der Waals surface area contributed by atoms with Crippen molar-refractivity contribution in [3.63, 3.8) is 0 Å². The van der Waals surface area contributed by atoms with Gasteiger partial charge in [-0.25, -0.2) is 0 Å². The van der Waals surface area contributed by atoms with Crippen LogP contribution in [0.1, 0.15) is 43.0 Å². The predicted octanol–water partition coefficient (Wildman–Crippen LogP) is 4.59. The number of aryl methyl sites for hydroxylation is 1. The summed E-state index contributed by atoms with van der Waals surface area (Å²) in [7, 11) is 1.67. The van der Waals surface area contributed by atoms with E-state index in [2.05, 4.69) is 11.2 Å². The maximum absolute atomic E-state index is 12.6. The smallest absolute Gasteiger partial charge is 0.258 e. The molecule has 0 bridgehead atoms. The lowest BCUT2D eigenvalue weighted by Gasteiger charge is -2.25. The number of aromatic nitrogens is 2. The maximum Gasteiger partial charge on any atom is 0.258 e. The second-order valence-corrected chi connectivity index (χ2v) is 9.14. The molecule has 2 aromatic carbocycles. The zero-order chi connectivity index (χ0) is 23.1. The minimum atomic E-state index is 0.102. The van der Waals surface area contributed by atoms with Crippen molar-refractivity contribution in [3.05, 3.63) is 53.1 Å². The highest BCUT2D eigenvalue weighted by atomic mass is 16.5. The highest BCUT2D eigenvalue weighted by Crippen LogP contribution is 2.49. The van der Waals surface area contributed by atoms with Gasteiger partial charge in [-0.1, -0.05) is 23.4 Å². The first-order valence-corrected chi connectivity index (χ1v) is 11.5. The minimum absolute atomic E-state index is 0.102. The largest absolute Gasteiger partial charge is 0.491 e. The molecule has 1 aliphatic heterocycles. The molecule has 33 heavy (non-hydrogen) atoms. The van der Waals surface area contributed by atoms with Gasteiger partial charge in [0.05, 0.1) is 18.8 Å². The van der Waals surface area contributed by atoms with Crippen molar-refractivity contribution in [2.24, 2.45) is 5.92 Å². The molecule has 0 spiro atoms. The molecule has 1 saturated heterocycles. The lowest BCUT2D eigenvalue weighted by molar-refractivity contribution is -0.129. The molecule has 1 amide bonds. The predicted molar refractivity (Wildman–Crippen MR) is 124 cm³/mol. The van der Waals surface area contributed by atoms with Crippen LogP contribution in [0.4, 0.5) is 0 Å². The molecule has 2 heterocycles. The van der Waals surface area contributed by atoms with E-state index < -0.39 is 0 Å². The van der Waals surface area contributed by atoms with E-state index >= 15 is 0 Å². The van der Waals surface area contributed by atoms with Crippen molar-refractivity contribution >= 4 is 5.91 Å². The minimum Gasteiger partial charge on any atom is -0.491 e. The first kappa shape index (κ1) is 21.6. The Morgan fingerprint density at radius 3 is 2.82 bits per heavy atom.